The highest BCUT2D eigenvalue weighted by atomic mass is 32.2. The molecule has 1 aliphatic heterocycles. The molecular weight excluding hydrogens is 394 g/mol. The molecule has 3 rings (SSSR count). The first-order valence-electron chi connectivity index (χ1n) is 8.60. The molecule has 1 amide bonds. The summed E-state index contributed by atoms with van der Waals surface area (Å²) in [4.78, 5) is 34.4. The first kappa shape index (κ1) is 20.3. The smallest absolute Gasteiger partial charge is 0.343 e. The minimum absolute atomic E-state index is 0.251. The van der Waals surface area contributed by atoms with Crippen LogP contribution in [0.25, 0.3) is 0 Å². The molecule has 1 unspecified atom stereocenters. The SMILES string of the molecule is Cc1ccc(C(=O)Oc2ccc(C=N/N=C3\NC(=O)C(CC(=O)O)S3)cc2)cc1. The number of benzene rings is 2. The highest BCUT2D eigenvalue weighted by molar-refractivity contribution is 8.15. The number of carbonyl (C=O) groups excluding carboxylic acids is 2. The molecule has 0 aromatic heterocycles. The zero-order chi connectivity index (χ0) is 20.8. The van der Waals surface area contributed by atoms with Gasteiger partial charge in [-0.2, -0.15) is 5.10 Å². The number of nitrogens with one attached hydrogen (secondary N) is 1. The lowest BCUT2D eigenvalue weighted by Gasteiger charge is -2.04. The van der Waals surface area contributed by atoms with Crippen molar-refractivity contribution in [1.82, 2.24) is 5.32 Å². The van der Waals surface area contributed by atoms with Crippen LogP contribution in [-0.4, -0.2) is 39.6 Å². The normalized spacial score (nSPS) is 17.5. The van der Waals surface area contributed by atoms with E-state index in [9.17, 15) is 14.4 Å². The lowest BCUT2D eigenvalue weighted by atomic mass is 10.1. The summed E-state index contributed by atoms with van der Waals surface area (Å²) in [5.74, 6) is -1.49. The molecule has 8 nitrogen and oxygen atoms in total. The monoisotopic (exact) mass is 411 g/mol. The Morgan fingerprint density at radius 1 is 1.17 bits per heavy atom. The van der Waals surface area contributed by atoms with Gasteiger partial charge in [0.25, 0.3) is 0 Å². The summed E-state index contributed by atoms with van der Waals surface area (Å²) < 4.78 is 5.33. The number of esters is 1. The molecule has 1 fully saturated rings. The number of aryl methyl sites for hydroxylation is 1. The first-order chi connectivity index (χ1) is 13.9. The van der Waals surface area contributed by atoms with E-state index in [1.807, 2.05) is 19.1 Å². The van der Waals surface area contributed by atoms with E-state index in [0.29, 0.717) is 16.9 Å². The Hall–Kier alpha value is -3.46. The Morgan fingerprint density at radius 3 is 2.52 bits per heavy atom. The van der Waals surface area contributed by atoms with E-state index in [2.05, 4.69) is 15.5 Å². The number of carboxylic acids is 1. The van der Waals surface area contributed by atoms with E-state index < -0.39 is 23.1 Å². The minimum atomic E-state index is -1.05. The fourth-order valence-corrected chi connectivity index (χ4v) is 3.29. The Morgan fingerprint density at radius 2 is 1.86 bits per heavy atom. The van der Waals surface area contributed by atoms with E-state index in [0.717, 1.165) is 17.3 Å². The summed E-state index contributed by atoms with van der Waals surface area (Å²) in [5, 5.41) is 18.6. The molecule has 2 aromatic carbocycles. The van der Waals surface area contributed by atoms with Gasteiger partial charge in [0.05, 0.1) is 18.2 Å². The molecule has 0 aliphatic carbocycles. The van der Waals surface area contributed by atoms with Crippen molar-refractivity contribution in [3.8, 4) is 5.75 Å². The number of thioether (sulfide) groups is 1. The van der Waals surface area contributed by atoms with Gasteiger partial charge in [0.2, 0.25) is 5.91 Å². The summed E-state index contributed by atoms with van der Waals surface area (Å²) >= 11 is 1.03. The highest BCUT2D eigenvalue weighted by Gasteiger charge is 2.32. The van der Waals surface area contributed by atoms with E-state index in [4.69, 9.17) is 9.84 Å². The van der Waals surface area contributed by atoms with Gasteiger partial charge in [-0.3, -0.25) is 9.59 Å². The van der Waals surface area contributed by atoms with Crippen LogP contribution < -0.4 is 10.1 Å². The molecular formula is C20H17N3O5S. The number of carboxylic acid groups (broad SMARTS) is 1. The number of carbonyl (C=O) groups is 3. The second kappa shape index (κ2) is 9.16. The Labute approximate surface area is 170 Å². The summed E-state index contributed by atoms with van der Waals surface area (Å²) in [6, 6.07) is 13.8. The summed E-state index contributed by atoms with van der Waals surface area (Å²) in [5.41, 5.74) is 2.23. The van der Waals surface area contributed by atoms with Gasteiger partial charge in [0.15, 0.2) is 5.17 Å². The second-order valence-corrected chi connectivity index (χ2v) is 7.36. The van der Waals surface area contributed by atoms with Crippen molar-refractivity contribution in [3.05, 3.63) is 65.2 Å². The Bertz CT molecular complexity index is 984. The van der Waals surface area contributed by atoms with Crippen LogP contribution in [0.1, 0.15) is 27.9 Å². The van der Waals surface area contributed by atoms with Gasteiger partial charge in [-0.05, 0) is 48.9 Å². The lowest BCUT2D eigenvalue weighted by molar-refractivity contribution is -0.138. The molecule has 1 saturated heterocycles. The average Bonchev–Trinajstić information content (AvgIpc) is 3.02. The number of amidine groups is 1. The number of aliphatic carboxylic acids is 1. The maximum Gasteiger partial charge on any atom is 0.343 e. The standard InChI is InChI=1S/C20H17N3O5S/c1-12-2-6-14(7-3-12)19(27)28-15-8-4-13(5-9-15)11-21-23-20-22-18(26)16(29-20)10-17(24)25/h2-9,11,16H,10H2,1H3,(H,24,25)(H,22,23,26). The van der Waals surface area contributed by atoms with Gasteiger partial charge in [0, 0.05) is 0 Å². The van der Waals surface area contributed by atoms with Crippen LogP contribution in [0.4, 0.5) is 0 Å². The van der Waals surface area contributed by atoms with E-state index >= 15 is 0 Å². The first-order valence-corrected chi connectivity index (χ1v) is 9.48. The van der Waals surface area contributed by atoms with E-state index in [-0.39, 0.29) is 11.6 Å². The van der Waals surface area contributed by atoms with Gasteiger partial charge >= 0.3 is 11.9 Å². The number of ether oxygens (including phenoxy) is 1. The number of hydrogen-bond acceptors (Lipinski definition) is 7. The Balaban J connectivity index is 1.56. The van der Waals surface area contributed by atoms with Crippen LogP contribution in [0.3, 0.4) is 0 Å². The van der Waals surface area contributed by atoms with E-state index in [1.54, 1.807) is 36.4 Å². The fourth-order valence-electron chi connectivity index (χ4n) is 2.37. The number of nitrogens with zero attached hydrogens (tertiary/aromatic N) is 2. The lowest BCUT2D eigenvalue weighted by Crippen LogP contribution is -2.26. The van der Waals surface area contributed by atoms with Gasteiger partial charge in [-0.15, -0.1) is 5.10 Å². The van der Waals surface area contributed by atoms with E-state index in [1.165, 1.54) is 6.21 Å². The topological polar surface area (TPSA) is 117 Å². The van der Waals surface area contributed by atoms with Crippen LogP contribution in [0.5, 0.6) is 5.75 Å². The van der Waals surface area contributed by atoms with Crippen molar-refractivity contribution >= 4 is 41.0 Å². The molecule has 0 spiro atoms. The fraction of sp³-hybridized carbons (Fsp3) is 0.150. The third-order valence-electron chi connectivity index (χ3n) is 3.87. The third kappa shape index (κ3) is 5.76. The molecule has 1 aliphatic rings. The highest BCUT2D eigenvalue weighted by Crippen LogP contribution is 2.22. The van der Waals surface area contributed by atoms with Crippen molar-refractivity contribution in [3.63, 3.8) is 0 Å². The van der Waals surface area contributed by atoms with Crippen LogP contribution in [0, 0.1) is 6.92 Å². The molecule has 148 valence electrons. The number of rotatable bonds is 6. The number of amides is 1. The molecule has 0 saturated carbocycles. The van der Waals surface area contributed by atoms with Crippen LogP contribution in [0.2, 0.25) is 0 Å². The molecule has 2 aromatic rings. The molecule has 1 heterocycles. The summed E-state index contributed by atoms with van der Waals surface area (Å²) in [7, 11) is 0. The molecule has 0 bridgehead atoms. The van der Waals surface area contributed by atoms with Crippen molar-refractivity contribution in [1.29, 1.82) is 0 Å². The van der Waals surface area contributed by atoms with Crippen LogP contribution in [0.15, 0.2) is 58.7 Å². The average molecular weight is 411 g/mol. The van der Waals surface area contributed by atoms with Crippen molar-refractivity contribution in [2.24, 2.45) is 10.2 Å². The zero-order valence-electron chi connectivity index (χ0n) is 15.4. The predicted molar refractivity (Wildman–Crippen MR) is 109 cm³/mol. The molecule has 1 atom stereocenters. The maximum atomic E-state index is 12.1. The third-order valence-corrected chi connectivity index (χ3v) is 4.94. The van der Waals surface area contributed by atoms with Gasteiger partial charge in [0.1, 0.15) is 11.0 Å². The number of hydrogen-bond donors (Lipinski definition) is 2. The minimum Gasteiger partial charge on any atom is -0.481 e. The predicted octanol–water partition coefficient (Wildman–Crippen LogP) is 2.61. The summed E-state index contributed by atoms with van der Waals surface area (Å²) in [6.45, 7) is 1.94. The molecule has 9 heteroatoms. The van der Waals surface area contributed by atoms with Gasteiger partial charge in [-0.25, -0.2) is 4.79 Å². The van der Waals surface area contributed by atoms with Crippen LogP contribution in [-0.2, 0) is 9.59 Å². The van der Waals surface area contributed by atoms with Gasteiger partial charge in [-0.1, -0.05) is 29.5 Å². The molecule has 2 N–H and O–H groups in total. The second-order valence-electron chi connectivity index (χ2n) is 6.17. The maximum absolute atomic E-state index is 12.1. The van der Waals surface area contributed by atoms with Crippen molar-refractivity contribution in [2.75, 3.05) is 0 Å². The van der Waals surface area contributed by atoms with Crippen LogP contribution >= 0.6 is 11.8 Å². The van der Waals surface area contributed by atoms with Gasteiger partial charge < -0.3 is 15.2 Å². The van der Waals surface area contributed by atoms with Crippen molar-refractivity contribution in [2.45, 2.75) is 18.6 Å². The molecule has 0 radical (unpaired) electrons. The molecule has 29 heavy (non-hydrogen) atoms. The Kier molecular flexibility index (Phi) is 6.40. The largest absolute Gasteiger partial charge is 0.481 e. The zero-order valence-corrected chi connectivity index (χ0v) is 16.2. The summed E-state index contributed by atoms with van der Waals surface area (Å²) in [6.07, 6.45) is 1.19. The van der Waals surface area contributed by atoms with Crippen molar-refractivity contribution < 1.29 is 24.2 Å². The quantitative estimate of drug-likeness (QED) is 0.327.